The number of carbonyl (C=O) groups is 1. The van der Waals surface area contributed by atoms with Gasteiger partial charge in [0, 0.05) is 55.8 Å². The Bertz CT molecular complexity index is 1230. The highest BCUT2D eigenvalue weighted by Gasteiger charge is 2.40. The highest BCUT2D eigenvalue weighted by molar-refractivity contribution is 5.79. The fourth-order valence-electron chi connectivity index (χ4n) is 4.92. The second-order valence-electron chi connectivity index (χ2n) is 10.6. The first-order valence-corrected chi connectivity index (χ1v) is 13.3. The van der Waals surface area contributed by atoms with Crippen molar-refractivity contribution in [3.63, 3.8) is 0 Å². The van der Waals surface area contributed by atoms with Crippen LogP contribution in [0, 0.1) is 11.7 Å². The largest absolute Gasteiger partial charge is 0.395 e. The number of rotatable bonds is 13. The Kier molecular flexibility index (Phi) is 10.2. The van der Waals surface area contributed by atoms with Crippen molar-refractivity contribution in [3.8, 4) is 0 Å². The minimum Gasteiger partial charge on any atom is -0.395 e. The monoisotopic (exact) mass is 556 g/mol. The predicted molar refractivity (Wildman–Crippen MR) is 153 cm³/mol. The van der Waals surface area contributed by atoms with Crippen molar-refractivity contribution >= 4 is 17.7 Å². The van der Waals surface area contributed by atoms with Gasteiger partial charge in [-0.05, 0) is 48.4 Å². The van der Waals surface area contributed by atoms with Gasteiger partial charge in [0.05, 0.1) is 12.3 Å². The van der Waals surface area contributed by atoms with Gasteiger partial charge < -0.3 is 31.1 Å². The number of nitrogens with zero attached hydrogens (tertiary/aromatic N) is 2. The summed E-state index contributed by atoms with van der Waals surface area (Å²) in [5.74, 6) is -3.02. The fourth-order valence-corrected chi connectivity index (χ4v) is 4.92. The molecule has 0 aromatic heterocycles. The van der Waals surface area contributed by atoms with Gasteiger partial charge in [-0.1, -0.05) is 45.2 Å². The van der Waals surface area contributed by atoms with E-state index in [0.29, 0.717) is 12.2 Å². The topological polar surface area (TPSA) is 129 Å². The van der Waals surface area contributed by atoms with E-state index in [1.54, 1.807) is 18.0 Å². The summed E-state index contributed by atoms with van der Waals surface area (Å²) in [6.45, 7) is 12.0. The SMILES string of the molecule is C=Cc1cccc(NCc2cc(C(O)(O)N(CCO)CC(C)C)ccc2F)c1CN(C)C1(O)CCC(=O)NC1=C. The van der Waals surface area contributed by atoms with Crippen molar-refractivity contribution in [1.82, 2.24) is 15.1 Å². The van der Waals surface area contributed by atoms with E-state index >= 15 is 0 Å². The lowest BCUT2D eigenvalue weighted by molar-refractivity contribution is -0.279. The van der Waals surface area contributed by atoms with Crippen LogP contribution < -0.4 is 10.6 Å². The number of likely N-dealkylation sites (N-methyl/N-ethyl adjacent to an activating group) is 1. The highest BCUT2D eigenvalue weighted by atomic mass is 19.1. The summed E-state index contributed by atoms with van der Waals surface area (Å²) in [6.07, 6.45) is 2.04. The maximum Gasteiger partial charge on any atom is 0.253 e. The number of aliphatic hydroxyl groups is 4. The van der Waals surface area contributed by atoms with E-state index in [2.05, 4.69) is 23.8 Å². The molecule has 1 aliphatic heterocycles. The first-order chi connectivity index (χ1) is 18.8. The molecule has 6 N–H and O–H groups in total. The summed E-state index contributed by atoms with van der Waals surface area (Å²) >= 11 is 0. The number of hydrogen-bond donors (Lipinski definition) is 6. The number of aliphatic hydroxyl groups excluding tert-OH is 1. The molecule has 40 heavy (non-hydrogen) atoms. The minimum atomic E-state index is -2.40. The van der Waals surface area contributed by atoms with Crippen molar-refractivity contribution in [3.05, 3.63) is 83.3 Å². The summed E-state index contributed by atoms with van der Waals surface area (Å²) in [4.78, 5) is 14.8. The van der Waals surface area contributed by atoms with E-state index in [1.165, 1.54) is 23.1 Å². The first kappa shape index (κ1) is 31.4. The molecular weight excluding hydrogens is 515 g/mol. The van der Waals surface area contributed by atoms with Gasteiger partial charge in [-0.25, -0.2) is 9.29 Å². The molecule has 1 heterocycles. The Morgan fingerprint density at radius 1 is 1.27 bits per heavy atom. The fraction of sp³-hybridized carbons (Fsp3) is 0.433. The number of halogens is 1. The molecule has 1 saturated heterocycles. The third kappa shape index (κ3) is 6.95. The average molecular weight is 557 g/mol. The smallest absolute Gasteiger partial charge is 0.253 e. The molecule has 1 aliphatic rings. The van der Waals surface area contributed by atoms with Crippen LogP contribution in [0.25, 0.3) is 6.08 Å². The zero-order chi connectivity index (χ0) is 29.7. The number of benzene rings is 2. The lowest BCUT2D eigenvalue weighted by atomic mass is 9.96. The average Bonchev–Trinajstić information content (AvgIpc) is 2.90. The Balaban J connectivity index is 1.87. The van der Waals surface area contributed by atoms with E-state index in [4.69, 9.17) is 0 Å². The zero-order valence-electron chi connectivity index (χ0n) is 23.5. The number of hydrogen-bond acceptors (Lipinski definition) is 8. The molecule has 1 fully saturated rings. The number of carbonyl (C=O) groups excluding carboxylic acids is 1. The van der Waals surface area contributed by atoms with E-state index in [0.717, 1.165) is 11.1 Å². The molecule has 9 nitrogen and oxygen atoms in total. The molecular formula is C30H41FN4O5. The molecule has 218 valence electrons. The molecule has 1 amide bonds. The van der Waals surface area contributed by atoms with Crippen LogP contribution in [0.2, 0.25) is 0 Å². The van der Waals surface area contributed by atoms with Gasteiger partial charge in [0.25, 0.3) is 5.91 Å². The van der Waals surface area contributed by atoms with Crippen LogP contribution in [0.15, 0.2) is 55.3 Å². The Morgan fingerprint density at radius 3 is 2.62 bits per heavy atom. The van der Waals surface area contributed by atoms with E-state index in [9.17, 15) is 29.6 Å². The molecule has 0 radical (unpaired) electrons. The van der Waals surface area contributed by atoms with Crippen molar-refractivity contribution in [2.45, 2.75) is 51.4 Å². The maximum absolute atomic E-state index is 14.9. The van der Waals surface area contributed by atoms with Crippen LogP contribution in [0.4, 0.5) is 10.1 Å². The van der Waals surface area contributed by atoms with Crippen LogP contribution in [-0.2, 0) is 23.8 Å². The van der Waals surface area contributed by atoms with E-state index < -0.39 is 17.5 Å². The van der Waals surface area contributed by atoms with Gasteiger partial charge in [0.1, 0.15) is 5.82 Å². The van der Waals surface area contributed by atoms with Crippen LogP contribution in [0.5, 0.6) is 0 Å². The molecule has 0 saturated carbocycles. The summed E-state index contributed by atoms with van der Waals surface area (Å²) in [5, 5.41) is 48.5. The highest BCUT2D eigenvalue weighted by Crippen LogP contribution is 2.32. The zero-order valence-corrected chi connectivity index (χ0v) is 23.5. The second kappa shape index (κ2) is 13.0. The predicted octanol–water partition coefficient (Wildman–Crippen LogP) is 2.67. The Morgan fingerprint density at radius 2 is 2.00 bits per heavy atom. The van der Waals surface area contributed by atoms with E-state index in [1.807, 2.05) is 32.0 Å². The van der Waals surface area contributed by atoms with Gasteiger partial charge >= 0.3 is 0 Å². The van der Waals surface area contributed by atoms with Crippen molar-refractivity contribution in [1.29, 1.82) is 0 Å². The normalized spacial score (nSPS) is 18.0. The van der Waals surface area contributed by atoms with Gasteiger partial charge in [-0.2, -0.15) is 0 Å². The quantitative estimate of drug-likeness (QED) is 0.208. The Hall–Kier alpha value is -3.12. The third-order valence-corrected chi connectivity index (χ3v) is 7.23. The number of piperidine rings is 1. The summed E-state index contributed by atoms with van der Waals surface area (Å²) in [6, 6.07) is 9.43. The minimum absolute atomic E-state index is 0.0316. The standard InChI is InChI=1S/C30H41FN4O5/c1-6-22-8-7-9-27(25(22)19-34(5)29(38)13-12-28(37)33-21(29)4)32-17-23-16-24(10-11-26(23)31)30(39,40)35(14-15-36)18-20(2)3/h6-11,16,20,32,36,38-40H,1,4,12-15,17-19H2,2-3,5H3,(H,33,37). The molecule has 2 aromatic rings. The van der Waals surface area contributed by atoms with Crippen LogP contribution in [-0.4, -0.2) is 68.6 Å². The number of amides is 1. The van der Waals surface area contributed by atoms with Gasteiger partial charge in [0.15, 0.2) is 5.72 Å². The molecule has 1 atom stereocenters. The number of anilines is 1. The van der Waals surface area contributed by atoms with Crippen LogP contribution in [0.3, 0.4) is 0 Å². The Labute approximate surface area is 235 Å². The lowest BCUT2D eigenvalue weighted by Gasteiger charge is -2.41. The number of nitrogens with one attached hydrogen (secondary N) is 2. The molecule has 0 bridgehead atoms. The van der Waals surface area contributed by atoms with Crippen molar-refractivity contribution in [2.24, 2.45) is 5.92 Å². The van der Waals surface area contributed by atoms with Gasteiger partial charge in [-0.15, -0.1) is 0 Å². The van der Waals surface area contributed by atoms with Crippen LogP contribution in [0.1, 0.15) is 48.9 Å². The lowest BCUT2D eigenvalue weighted by Crippen LogP contribution is -2.55. The van der Waals surface area contributed by atoms with Gasteiger partial charge in [-0.3, -0.25) is 9.69 Å². The second-order valence-corrected chi connectivity index (χ2v) is 10.6. The molecule has 0 spiro atoms. The van der Waals surface area contributed by atoms with Crippen molar-refractivity contribution in [2.75, 3.05) is 32.1 Å². The van der Waals surface area contributed by atoms with Crippen molar-refractivity contribution < 1.29 is 29.6 Å². The van der Waals surface area contributed by atoms with Gasteiger partial charge in [0.2, 0.25) is 5.91 Å². The van der Waals surface area contributed by atoms with Crippen LogP contribution >= 0.6 is 0 Å². The molecule has 10 heteroatoms. The summed E-state index contributed by atoms with van der Waals surface area (Å²) in [7, 11) is 1.73. The summed E-state index contributed by atoms with van der Waals surface area (Å²) < 4.78 is 14.9. The molecule has 2 aromatic carbocycles. The van der Waals surface area contributed by atoms with E-state index in [-0.39, 0.29) is 67.7 Å². The molecule has 1 unspecified atom stereocenters. The first-order valence-electron chi connectivity index (χ1n) is 13.3. The maximum atomic E-state index is 14.9. The molecule has 3 rings (SSSR count). The third-order valence-electron chi connectivity index (χ3n) is 7.23. The molecule has 0 aliphatic carbocycles. The summed E-state index contributed by atoms with van der Waals surface area (Å²) in [5.41, 5.74) is 1.33.